The number of carbonyl (C=O) groups excluding carboxylic acids is 2. The van der Waals surface area contributed by atoms with Gasteiger partial charge < -0.3 is 15.4 Å². The van der Waals surface area contributed by atoms with Crippen molar-refractivity contribution in [2.45, 2.75) is 44.6 Å². The molecule has 2 amide bonds. The maximum absolute atomic E-state index is 12.2. The first-order valence-corrected chi connectivity index (χ1v) is 10.4. The highest BCUT2D eigenvalue weighted by Gasteiger charge is 2.15. The van der Waals surface area contributed by atoms with Crippen LogP contribution in [0.15, 0.2) is 47.1 Å². The molecule has 2 aromatic rings. The summed E-state index contributed by atoms with van der Waals surface area (Å²) in [5.74, 6) is 0.791. The lowest BCUT2D eigenvalue weighted by Crippen LogP contribution is -2.38. The summed E-state index contributed by atoms with van der Waals surface area (Å²) in [6, 6.07) is 11.0. The van der Waals surface area contributed by atoms with Crippen LogP contribution in [0.2, 0.25) is 0 Å². The smallest absolute Gasteiger partial charge is 0.252 e. The summed E-state index contributed by atoms with van der Waals surface area (Å²) in [5.41, 5.74) is 0.425. The van der Waals surface area contributed by atoms with Gasteiger partial charge in [0, 0.05) is 35.7 Å². The first-order valence-electron chi connectivity index (χ1n) is 9.57. The van der Waals surface area contributed by atoms with Crippen LogP contribution in [0.3, 0.4) is 0 Å². The molecule has 1 aliphatic carbocycles. The molecule has 1 aromatic carbocycles. The second-order valence-corrected chi connectivity index (χ2v) is 7.77. The Morgan fingerprint density at radius 3 is 2.68 bits per heavy atom. The van der Waals surface area contributed by atoms with Gasteiger partial charge in [-0.15, -0.1) is 0 Å². The van der Waals surface area contributed by atoms with Crippen LogP contribution in [0.25, 0.3) is 0 Å². The van der Waals surface area contributed by atoms with Gasteiger partial charge in [-0.1, -0.05) is 41.3 Å². The summed E-state index contributed by atoms with van der Waals surface area (Å²) in [6.07, 6.45) is 7.45. The topological polar surface area (TPSA) is 80.3 Å². The predicted molar refractivity (Wildman–Crippen MR) is 110 cm³/mol. The lowest BCUT2D eigenvalue weighted by molar-refractivity contribution is -0.121. The van der Waals surface area contributed by atoms with Gasteiger partial charge in [-0.05, 0) is 37.1 Å². The van der Waals surface area contributed by atoms with E-state index in [2.05, 4.69) is 31.5 Å². The molecule has 0 radical (unpaired) electrons. The summed E-state index contributed by atoms with van der Waals surface area (Å²) in [4.78, 5) is 28.3. The fraction of sp³-hybridized carbons (Fsp3) is 0.381. The molecule has 0 spiro atoms. The van der Waals surface area contributed by atoms with Crippen LogP contribution >= 0.6 is 15.9 Å². The lowest BCUT2D eigenvalue weighted by atomic mass is 9.95. The van der Waals surface area contributed by atoms with Crippen molar-refractivity contribution in [3.05, 3.63) is 52.6 Å². The maximum atomic E-state index is 12.2. The van der Waals surface area contributed by atoms with Gasteiger partial charge in [-0.25, -0.2) is 4.98 Å². The minimum absolute atomic E-state index is 0.0110. The van der Waals surface area contributed by atoms with Crippen LogP contribution in [-0.4, -0.2) is 29.4 Å². The summed E-state index contributed by atoms with van der Waals surface area (Å²) >= 11 is 3.39. The Hall–Kier alpha value is -2.41. The van der Waals surface area contributed by atoms with Crippen molar-refractivity contribution >= 4 is 27.7 Å². The van der Waals surface area contributed by atoms with Gasteiger partial charge in [0.05, 0.1) is 5.56 Å². The van der Waals surface area contributed by atoms with Gasteiger partial charge in [0.2, 0.25) is 11.8 Å². The molecule has 0 unspecified atom stereocenters. The monoisotopic (exact) mass is 445 g/mol. The number of pyridine rings is 1. The number of hydrogen-bond donors (Lipinski definition) is 2. The molecule has 1 aromatic heterocycles. The van der Waals surface area contributed by atoms with E-state index in [1.807, 2.05) is 24.3 Å². The Bertz CT molecular complexity index is 805. The number of hydrogen-bond acceptors (Lipinski definition) is 4. The third-order valence-corrected chi connectivity index (χ3v) is 5.12. The van der Waals surface area contributed by atoms with Crippen molar-refractivity contribution in [2.24, 2.45) is 0 Å². The Labute approximate surface area is 173 Å². The van der Waals surface area contributed by atoms with Gasteiger partial charge in [-0.2, -0.15) is 0 Å². The molecule has 6 nitrogen and oxygen atoms in total. The second kappa shape index (κ2) is 10.2. The van der Waals surface area contributed by atoms with Crippen LogP contribution in [0.1, 0.15) is 48.9 Å². The van der Waals surface area contributed by atoms with E-state index in [1.165, 1.54) is 25.5 Å². The van der Waals surface area contributed by atoms with Gasteiger partial charge in [0.1, 0.15) is 5.75 Å². The van der Waals surface area contributed by atoms with Crippen molar-refractivity contribution in [2.75, 3.05) is 6.54 Å². The van der Waals surface area contributed by atoms with Crippen LogP contribution in [0.5, 0.6) is 11.6 Å². The molecule has 0 bridgehead atoms. The van der Waals surface area contributed by atoms with E-state index in [1.54, 1.807) is 12.1 Å². The van der Waals surface area contributed by atoms with Crippen molar-refractivity contribution < 1.29 is 14.3 Å². The minimum atomic E-state index is -0.257. The van der Waals surface area contributed by atoms with Crippen LogP contribution in [0.4, 0.5) is 0 Å². The number of amides is 2. The number of nitrogens with one attached hydrogen (secondary N) is 2. The number of halogens is 1. The van der Waals surface area contributed by atoms with Crippen LogP contribution < -0.4 is 15.4 Å². The molecule has 28 heavy (non-hydrogen) atoms. The summed E-state index contributed by atoms with van der Waals surface area (Å²) < 4.78 is 6.56. The normalized spacial score (nSPS) is 14.3. The fourth-order valence-electron chi connectivity index (χ4n) is 3.16. The van der Waals surface area contributed by atoms with Crippen molar-refractivity contribution in [1.82, 2.24) is 15.6 Å². The Morgan fingerprint density at radius 1 is 1.14 bits per heavy atom. The van der Waals surface area contributed by atoms with E-state index in [-0.39, 0.29) is 18.2 Å². The molecule has 0 saturated heterocycles. The molecular weight excluding hydrogens is 422 g/mol. The molecule has 7 heteroatoms. The highest BCUT2D eigenvalue weighted by atomic mass is 79.9. The van der Waals surface area contributed by atoms with Crippen LogP contribution in [0, 0.1) is 0 Å². The fourth-order valence-corrected chi connectivity index (χ4v) is 3.54. The molecule has 1 saturated carbocycles. The lowest BCUT2D eigenvalue weighted by Gasteiger charge is -2.22. The molecule has 3 rings (SSSR count). The molecule has 0 atom stereocenters. The highest BCUT2D eigenvalue weighted by molar-refractivity contribution is 9.10. The van der Waals surface area contributed by atoms with Gasteiger partial charge >= 0.3 is 0 Å². The second-order valence-electron chi connectivity index (χ2n) is 6.85. The van der Waals surface area contributed by atoms with E-state index in [0.29, 0.717) is 29.8 Å². The Balaban J connectivity index is 1.42. The number of rotatable bonds is 7. The molecule has 1 aliphatic rings. The van der Waals surface area contributed by atoms with E-state index in [9.17, 15) is 9.59 Å². The Morgan fingerprint density at radius 2 is 1.96 bits per heavy atom. The number of carbonyl (C=O) groups is 2. The predicted octanol–water partition coefficient (Wildman–Crippen LogP) is 4.21. The number of nitrogens with zero attached hydrogens (tertiary/aromatic N) is 1. The number of benzene rings is 1. The van der Waals surface area contributed by atoms with Gasteiger partial charge in [0.15, 0.2) is 0 Å². The largest absolute Gasteiger partial charge is 0.439 e. The third kappa shape index (κ3) is 6.34. The SMILES string of the molecule is O=C(CCNC(=O)c1ccc(Oc2cccc(Br)c2)nc1)NC1CCCCC1. The number of aromatic nitrogens is 1. The van der Waals surface area contributed by atoms with E-state index in [4.69, 9.17) is 4.74 Å². The van der Waals surface area contributed by atoms with E-state index >= 15 is 0 Å². The minimum Gasteiger partial charge on any atom is -0.439 e. The van der Waals surface area contributed by atoms with Gasteiger partial charge in [-0.3, -0.25) is 9.59 Å². The first kappa shape index (κ1) is 20.3. The first-order chi connectivity index (χ1) is 13.6. The molecule has 0 aliphatic heterocycles. The highest BCUT2D eigenvalue weighted by Crippen LogP contribution is 2.23. The van der Waals surface area contributed by atoms with E-state index in [0.717, 1.165) is 17.3 Å². The number of ether oxygens (including phenoxy) is 1. The maximum Gasteiger partial charge on any atom is 0.252 e. The zero-order chi connectivity index (χ0) is 19.8. The van der Waals surface area contributed by atoms with Crippen molar-refractivity contribution in [3.63, 3.8) is 0 Å². The average molecular weight is 446 g/mol. The quantitative estimate of drug-likeness (QED) is 0.668. The molecular formula is C21H24BrN3O3. The molecule has 148 valence electrons. The summed E-state index contributed by atoms with van der Waals surface area (Å²) in [5, 5.41) is 5.80. The van der Waals surface area contributed by atoms with Crippen molar-refractivity contribution in [1.29, 1.82) is 0 Å². The Kier molecular flexibility index (Phi) is 7.42. The zero-order valence-corrected chi connectivity index (χ0v) is 17.2. The third-order valence-electron chi connectivity index (χ3n) is 4.62. The van der Waals surface area contributed by atoms with E-state index < -0.39 is 0 Å². The van der Waals surface area contributed by atoms with Gasteiger partial charge in [0.25, 0.3) is 5.91 Å². The zero-order valence-electron chi connectivity index (χ0n) is 15.6. The molecule has 1 heterocycles. The summed E-state index contributed by atoms with van der Waals surface area (Å²) in [7, 11) is 0. The average Bonchev–Trinajstić information content (AvgIpc) is 2.69. The molecule has 2 N–H and O–H groups in total. The standard InChI is InChI=1S/C21H24BrN3O3/c22-16-5-4-8-18(13-16)28-20-10-9-15(14-24-20)21(27)23-12-11-19(26)25-17-6-2-1-3-7-17/h4-5,8-10,13-14,17H,1-3,6-7,11-12H2,(H,23,27)(H,25,26). The summed E-state index contributed by atoms with van der Waals surface area (Å²) in [6.45, 7) is 0.299. The van der Waals surface area contributed by atoms with Crippen LogP contribution in [-0.2, 0) is 4.79 Å². The van der Waals surface area contributed by atoms with Crippen molar-refractivity contribution in [3.8, 4) is 11.6 Å². The molecule has 1 fully saturated rings.